The van der Waals surface area contributed by atoms with Gasteiger partial charge in [-0.05, 0) is 25.0 Å². The number of phenols is 1. The first kappa shape index (κ1) is 13.3. The number of rotatable bonds is 2. The Labute approximate surface area is 109 Å². The summed E-state index contributed by atoms with van der Waals surface area (Å²) in [6, 6.07) is 3.30. The number of amides is 1. The first-order valence-electron chi connectivity index (χ1n) is 5.99. The minimum Gasteiger partial charge on any atom is -0.508 e. The van der Waals surface area contributed by atoms with E-state index in [2.05, 4.69) is 0 Å². The lowest BCUT2D eigenvalue weighted by molar-refractivity contribution is -0.143. The molecular formula is C13H14FNO4. The fourth-order valence-corrected chi connectivity index (χ4v) is 2.21. The molecule has 0 aromatic heterocycles. The van der Waals surface area contributed by atoms with Gasteiger partial charge >= 0.3 is 5.97 Å². The summed E-state index contributed by atoms with van der Waals surface area (Å²) in [6.45, 7) is 0.511. The topological polar surface area (TPSA) is 77.8 Å². The largest absolute Gasteiger partial charge is 0.508 e. The Morgan fingerprint density at radius 3 is 2.74 bits per heavy atom. The molecule has 5 nitrogen and oxygen atoms in total. The van der Waals surface area contributed by atoms with Crippen LogP contribution in [0.15, 0.2) is 18.2 Å². The van der Waals surface area contributed by atoms with Crippen molar-refractivity contribution < 1.29 is 24.2 Å². The van der Waals surface area contributed by atoms with E-state index >= 15 is 0 Å². The van der Waals surface area contributed by atoms with Gasteiger partial charge in [0.2, 0.25) is 0 Å². The van der Waals surface area contributed by atoms with Crippen molar-refractivity contribution in [2.75, 3.05) is 13.1 Å². The van der Waals surface area contributed by atoms with Crippen LogP contribution in [-0.4, -0.2) is 40.1 Å². The highest BCUT2D eigenvalue weighted by Gasteiger charge is 2.29. The predicted octanol–water partition coefficient (Wildman–Crippen LogP) is 1.47. The van der Waals surface area contributed by atoms with Gasteiger partial charge in [0.15, 0.2) is 0 Å². The molecule has 2 N–H and O–H groups in total. The van der Waals surface area contributed by atoms with Crippen LogP contribution in [-0.2, 0) is 4.79 Å². The van der Waals surface area contributed by atoms with Crippen molar-refractivity contribution in [2.24, 2.45) is 5.92 Å². The molecule has 1 aliphatic heterocycles. The van der Waals surface area contributed by atoms with Crippen LogP contribution >= 0.6 is 0 Å². The van der Waals surface area contributed by atoms with Crippen molar-refractivity contribution in [2.45, 2.75) is 12.8 Å². The zero-order chi connectivity index (χ0) is 14.0. The number of carboxylic acid groups (broad SMARTS) is 1. The smallest absolute Gasteiger partial charge is 0.308 e. The highest BCUT2D eigenvalue weighted by atomic mass is 19.1. The van der Waals surface area contributed by atoms with E-state index in [0.29, 0.717) is 19.4 Å². The van der Waals surface area contributed by atoms with Gasteiger partial charge in [-0.3, -0.25) is 9.59 Å². The van der Waals surface area contributed by atoms with Gasteiger partial charge in [-0.25, -0.2) is 4.39 Å². The number of carbonyl (C=O) groups excluding carboxylic acids is 1. The van der Waals surface area contributed by atoms with Crippen LogP contribution in [0.25, 0.3) is 0 Å². The third-order valence-electron chi connectivity index (χ3n) is 3.24. The maximum Gasteiger partial charge on any atom is 0.308 e. The number of piperidine rings is 1. The lowest BCUT2D eigenvalue weighted by atomic mass is 9.97. The fourth-order valence-electron chi connectivity index (χ4n) is 2.21. The van der Waals surface area contributed by atoms with Crippen molar-refractivity contribution in [1.82, 2.24) is 4.90 Å². The summed E-state index contributed by atoms with van der Waals surface area (Å²) in [5, 5.41) is 18.1. The number of aromatic hydroxyl groups is 1. The number of phenolic OH excluding ortho intramolecular Hbond substituents is 1. The SMILES string of the molecule is O=C(O)[C@H]1CCCN(C(=O)c2ccc(O)cc2F)C1. The third kappa shape index (κ3) is 2.83. The molecule has 1 fully saturated rings. The Morgan fingerprint density at radius 2 is 2.11 bits per heavy atom. The molecule has 1 heterocycles. The Hall–Kier alpha value is -2.11. The number of hydrogen-bond acceptors (Lipinski definition) is 3. The molecule has 6 heteroatoms. The number of hydrogen-bond donors (Lipinski definition) is 2. The standard InChI is InChI=1S/C13H14FNO4/c14-11-6-9(16)3-4-10(11)12(17)15-5-1-2-8(7-15)13(18)19/h3-4,6,8,16H,1-2,5,7H2,(H,18,19)/t8-/m0/s1. The maximum atomic E-state index is 13.6. The van der Waals surface area contributed by atoms with Gasteiger partial charge in [-0.2, -0.15) is 0 Å². The van der Waals surface area contributed by atoms with Crippen molar-refractivity contribution in [3.63, 3.8) is 0 Å². The molecule has 1 aromatic rings. The van der Waals surface area contributed by atoms with E-state index in [0.717, 1.165) is 6.07 Å². The molecule has 1 aromatic carbocycles. The molecule has 2 rings (SSSR count). The van der Waals surface area contributed by atoms with Crippen LogP contribution in [0, 0.1) is 11.7 Å². The number of nitrogens with zero attached hydrogens (tertiary/aromatic N) is 1. The van der Waals surface area contributed by atoms with Crippen LogP contribution < -0.4 is 0 Å². The molecule has 0 aliphatic carbocycles. The van der Waals surface area contributed by atoms with Crippen molar-refractivity contribution in [1.29, 1.82) is 0 Å². The second-order valence-corrected chi connectivity index (χ2v) is 4.59. The van der Waals surface area contributed by atoms with E-state index in [9.17, 15) is 14.0 Å². The minimum atomic E-state index is -0.941. The first-order chi connectivity index (χ1) is 8.99. The minimum absolute atomic E-state index is 0.0917. The van der Waals surface area contributed by atoms with Gasteiger partial charge in [0.05, 0.1) is 11.5 Å². The summed E-state index contributed by atoms with van der Waals surface area (Å²) in [5.41, 5.74) is -0.149. The summed E-state index contributed by atoms with van der Waals surface area (Å²) < 4.78 is 13.6. The Bertz CT molecular complexity index is 517. The molecule has 102 valence electrons. The summed E-state index contributed by atoms with van der Waals surface area (Å²) in [4.78, 5) is 24.4. The molecule has 1 amide bonds. The first-order valence-corrected chi connectivity index (χ1v) is 5.99. The number of aliphatic carboxylic acids is 1. The summed E-state index contributed by atoms with van der Waals surface area (Å²) in [5.74, 6) is -3.14. The lowest BCUT2D eigenvalue weighted by Gasteiger charge is -2.30. The summed E-state index contributed by atoms with van der Waals surface area (Å²) in [6.07, 6.45) is 1.11. The van der Waals surface area contributed by atoms with E-state index in [1.165, 1.54) is 17.0 Å². The summed E-state index contributed by atoms with van der Waals surface area (Å²) in [7, 11) is 0. The van der Waals surface area contributed by atoms with Crippen LogP contribution in [0.4, 0.5) is 4.39 Å². The number of halogens is 1. The maximum absolute atomic E-state index is 13.6. The van der Waals surface area contributed by atoms with Crippen LogP contribution in [0.3, 0.4) is 0 Å². The lowest BCUT2D eigenvalue weighted by Crippen LogP contribution is -2.42. The predicted molar refractivity (Wildman–Crippen MR) is 64.3 cm³/mol. The molecule has 1 aliphatic rings. The van der Waals surface area contributed by atoms with Gasteiger partial charge in [0.1, 0.15) is 11.6 Å². The average Bonchev–Trinajstić information content (AvgIpc) is 2.38. The van der Waals surface area contributed by atoms with Gasteiger partial charge < -0.3 is 15.1 Å². The second-order valence-electron chi connectivity index (χ2n) is 4.59. The molecule has 0 radical (unpaired) electrons. The molecule has 19 heavy (non-hydrogen) atoms. The van der Waals surface area contributed by atoms with E-state index < -0.39 is 23.6 Å². The van der Waals surface area contributed by atoms with Crippen LogP contribution in [0.5, 0.6) is 5.75 Å². The molecular weight excluding hydrogens is 253 g/mol. The Balaban J connectivity index is 2.17. The highest BCUT2D eigenvalue weighted by molar-refractivity contribution is 5.95. The monoisotopic (exact) mass is 267 g/mol. The molecule has 1 atom stereocenters. The molecule has 0 bridgehead atoms. The van der Waals surface area contributed by atoms with Gasteiger partial charge in [-0.15, -0.1) is 0 Å². The van der Waals surface area contributed by atoms with Crippen molar-refractivity contribution >= 4 is 11.9 Å². The number of carboxylic acids is 1. The van der Waals surface area contributed by atoms with Gasteiger partial charge in [-0.1, -0.05) is 0 Å². The Kier molecular flexibility index (Phi) is 3.69. The Morgan fingerprint density at radius 1 is 1.37 bits per heavy atom. The van der Waals surface area contributed by atoms with Crippen LogP contribution in [0.1, 0.15) is 23.2 Å². The second kappa shape index (κ2) is 5.26. The normalized spacial score (nSPS) is 19.2. The third-order valence-corrected chi connectivity index (χ3v) is 3.24. The van der Waals surface area contributed by atoms with E-state index in [1.54, 1.807) is 0 Å². The highest BCUT2D eigenvalue weighted by Crippen LogP contribution is 2.21. The summed E-state index contributed by atoms with van der Waals surface area (Å²) >= 11 is 0. The van der Waals surface area contributed by atoms with Gasteiger partial charge in [0, 0.05) is 19.2 Å². The molecule has 0 saturated carbocycles. The zero-order valence-corrected chi connectivity index (χ0v) is 10.2. The quantitative estimate of drug-likeness (QED) is 0.850. The van der Waals surface area contributed by atoms with Crippen LogP contribution in [0.2, 0.25) is 0 Å². The number of likely N-dealkylation sites (tertiary alicyclic amines) is 1. The number of carbonyl (C=O) groups is 2. The average molecular weight is 267 g/mol. The van der Waals surface area contributed by atoms with E-state index in [4.69, 9.17) is 10.2 Å². The van der Waals surface area contributed by atoms with Crippen molar-refractivity contribution in [3.05, 3.63) is 29.6 Å². The van der Waals surface area contributed by atoms with E-state index in [1.807, 2.05) is 0 Å². The number of benzene rings is 1. The fraction of sp³-hybridized carbons (Fsp3) is 0.385. The molecule has 1 saturated heterocycles. The molecule has 0 unspecified atom stereocenters. The van der Waals surface area contributed by atoms with E-state index in [-0.39, 0.29) is 17.9 Å². The van der Waals surface area contributed by atoms with Gasteiger partial charge in [0.25, 0.3) is 5.91 Å². The molecule has 0 spiro atoms. The van der Waals surface area contributed by atoms with Crippen molar-refractivity contribution in [3.8, 4) is 5.75 Å². The zero-order valence-electron chi connectivity index (χ0n) is 10.2.